The number of nitriles is 1. The van der Waals surface area contributed by atoms with Crippen LogP contribution in [-0.2, 0) is 0 Å². The van der Waals surface area contributed by atoms with Crippen LogP contribution in [0, 0.1) is 28.8 Å². The Kier molecular flexibility index (Phi) is 3.15. The lowest BCUT2D eigenvalue weighted by Crippen LogP contribution is -2.01. The number of hydrogen-bond donors (Lipinski definition) is 1. The Morgan fingerprint density at radius 2 is 2.00 bits per heavy atom. The first-order chi connectivity index (χ1) is 8.61. The Hall–Kier alpha value is -2.55. The zero-order chi connectivity index (χ0) is 13.1. The van der Waals surface area contributed by atoms with Crippen LogP contribution in [-0.4, -0.2) is 4.98 Å². The molecule has 0 saturated carbocycles. The molecule has 6 heteroatoms. The Balaban J connectivity index is 2.44. The molecule has 1 heterocycles. The van der Waals surface area contributed by atoms with E-state index in [1.165, 1.54) is 18.3 Å². The maximum atomic E-state index is 13.4. The summed E-state index contributed by atoms with van der Waals surface area (Å²) < 4.78 is 39.3. The maximum Gasteiger partial charge on any atom is 0.182 e. The third-order valence-corrected chi connectivity index (χ3v) is 2.17. The normalized spacial score (nSPS) is 9.89. The summed E-state index contributed by atoms with van der Waals surface area (Å²) in [6.45, 7) is 0. The second-order valence-electron chi connectivity index (χ2n) is 3.39. The summed E-state index contributed by atoms with van der Waals surface area (Å²) in [5.74, 6) is -3.44. The van der Waals surface area contributed by atoms with Crippen molar-refractivity contribution in [1.82, 2.24) is 4.98 Å². The Labute approximate surface area is 101 Å². The molecule has 0 aliphatic carbocycles. The van der Waals surface area contributed by atoms with Crippen LogP contribution in [0.5, 0.6) is 0 Å². The molecule has 2 rings (SSSR count). The van der Waals surface area contributed by atoms with E-state index in [4.69, 9.17) is 5.26 Å². The minimum absolute atomic E-state index is 0.0314. The number of halogens is 3. The molecule has 1 aromatic heterocycles. The van der Waals surface area contributed by atoms with Crippen molar-refractivity contribution >= 4 is 11.5 Å². The third kappa shape index (κ3) is 2.25. The minimum Gasteiger partial charge on any atom is -0.337 e. The summed E-state index contributed by atoms with van der Waals surface area (Å²) in [7, 11) is 0. The van der Waals surface area contributed by atoms with Crippen molar-refractivity contribution in [2.24, 2.45) is 0 Å². The lowest BCUT2D eigenvalue weighted by molar-refractivity contribution is 0.498. The van der Waals surface area contributed by atoms with E-state index in [2.05, 4.69) is 10.3 Å². The summed E-state index contributed by atoms with van der Waals surface area (Å²) in [5.41, 5.74) is -0.274. The Morgan fingerprint density at radius 1 is 1.22 bits per heavy atom. The van der Waals surface area contributed by atoms with E-state index in [0.717, 1.165) is 6.07 Å². The molecule has 3 nitrogen and oxygen atoms in total. The monoisotopic (exact) mass is 249 g/mol. The zero-order valence-corrected chi connectivity index (χ0v) is 8.92. The van der Waals surface area contributed by atoms with Gasteiger partial charge in [0.2, 0.25) is 0 Å². The molecular formula is C12H6F3N3. The van der Waals surface area contributed by atoms with Crippen LogP contribution in [0.3, 0.4) is 0 Å². The average Bonchev–Trinajstić information content (AvgIpc) is 2.36. The topological polar surface area (TPSA) is 48.7 Å². The predicted molar refractivity (Wildman–Crippen MR) is 58.6 cm³/mol. The fraction of sp³-hybridized carbons (Fsp3) is 0. The summed E-state index contributed by atoms with van der Waals surface area (Å²) >= 11 is 0. The number of nitrogens with one attached hydrogen (secondary N) is 1. The number of anilines is 2. The Morgan fingerprint density at radius 3 is 2.72 bits per heavy atom. The highest BCUT2D eigenvalue weighted by Gasteiger charge is 2.13. The molecule has 0 saturated heterocycles. The maximum absolute atomic E-state index is 13.4. The van der Waals surface area contributed by atoms with E-state index in [9.17, 15) is 13.2 Å². The fourth-order valence-corrected chi connectivity index (χ4v) is 1.37. The molecular weight excluding hydrogens is 243 g/mol. The fourth-order valence-electron chi connectivity index (χ4n) is 1.37. The van der Waals surface area contributed by atoms with E-state index < -0.39 is 23.1 Å². The molecule has 1 N–H and O–H groups in total. The molecule has 90 valence electrons. The number of rotatable bonds is 2. The van der Waals surface area contributed by atoms with E-state index in [-0.39, 0.29) is 11.4 Å². The van der Waals surface area contributed by atoms with Crippen LogP contribution in [0.4, 0.5) is 24.7 Å². The molecule has 0 unspecified atom stereocenters. The lowest BCUT2D eigenvalue weighted by Gasteiger charge is -2.08. The van der Waals surface area contributed by atoms with Crippen molar-refractivity contribution in [2.75, 3.05) is 5.32 Å². The number of aromatic nitrogens is 1. The van der Waals surface area contributed by atoms with Gasteiger partial charge in [-0.3, -0.25) is 0 Å². The van der Waals surface area contributed by atoms with Crippen LogP contribution in [0.1, 0.15) is 5.56 Å². The van der Waals surface area contributed by atoms with Crippen molar-refractivity contribution in [2.45, 2.75) is 0 Å². The van der Waals surface area contributed by atoms with Crippen LogP contribution in [0.2, 0.25) is 0 Å². The van der Waals surface area contributed by atoms with E-state index >= 15 is 0 Å². The molecule has 0 radical (unpaired) electrons. The zero-order valence-electron chi connectivity index (χ0n) is 8.92. The van der Waals surface area contributed by atoms with Gasteiger partial charge in [0.25, 0.3) is 0 Å². The van der Waals surface area contributed by atoms with Gasteiger partial charge >= 0.3 is 0 Å². The molecule has 0 amide bonds. The van der Waals surface area contributed by atoms with Gasteiger partial charge in [-0.05, 0) is 12.1 Å². The van der Waals surface area contributed by atoms with Gasteiger partial charge in [-0.2, -0.15) is 5.26 Å². The minimum atomic E-state index is -1.31. The molecule has 0 atom stereocenters. The van der Waals surface area contributed by atoms with Gasteiger partial charge in [-0.25, -0.2) is 18.2 Å². The highest BCUT2D eigenvalue weighted by Crippen LogP contribution is 2.23. The third-order valence-electron chi connectivity index (χ3n) is 2.17. The van der Waals surface area contributed by atoms with Crippen LogP contribution >= 0.6 is 0 Å². The van der Waals surface area contributed by atoms with Crippen molar-refractivity contribution in [3.05, 3.63) is 53.5 Å². The van der Waals surface area contributed by atoms with Gasteiger partial charge in [0, 0.05) is 18.3 Å². The molecule has 0 fully saturated rings. The van der Waals surface area contributed by atoms with Gasteiger partial charge in [0.15, 0.2) is 11.6 Å². The van der Waals surface area contributed by atoms with Crippen molar-refractivity contribution < 1.29 is 13.2 Å². The number of nitrogens with zero attached hydrogens (tertiary/aromatic N) is 2. The standard InChI is InChI=1S/C12H6F3N3/c13-8-4-9(14)11(15)10(5-8)18-12-7(6-16)2-1-3-17-12/h1-5H,(H,17,18). The first kappa shape index (κ1) is 11.9. The molecule has 0 aliphatic heterocycles. The van der Waals surface area contributed by atoms with Gasteiger partial charge in [-0.1, -0.05) is 0 Å². The highest BCUT2D eigenvalue weighted by molar-refractivity contribution is 5.62. The molecule has 18 heavy (non-hydrogen) atoms. The molecule has 0 bridgehead atoms. The first-order valence-electron chi connectivity index (χ1n) is 4.88. The summed E-state index contributed by atoms with van der Waals surface area (Å²) in [4.78, 5) is 3.80. The first-order valence-corrected chi connectivity index (χ1v) is 4.88. The van der Waals surface area contributed by atoms with Gasteiger partial charge in [-0.15, -0.1) is 0 Å². The summed E-state index contributed by atoms with van der Waals surface area (Å²) in [6, 6.07) is 6.02. The lowest BCUT2D eigenvalue weighted by atomic mass is 10.2. The van der Waals surface area contributed by atoms with Gasteiger partial charge in [0.05, 0.1) is 11.3 Å². The summed E-state index contributed by atoms with van der Waals surface area (Å²) in [6.07, 6.45) is 1.37. The number of pyridine rings is 1. The average molecular weight is 249 g/mol. The van der Waals surface area contributed by atoms with Gasteiger partial charge in [0.1, 0.15) is 17.7 Å². The van der Waals surface area contributed by atoms with Crippen LogP contribution < -0.4 is 5.32 Å². The van der Waals surface area contributed by atoms with Crippen molar-refractivity contribution in [3.63, 3.8) is 0 Å². The van der Waals surface area contributed by atoms with Crippen molar-refractivity contribution in [1.29, 1.82) is 5.26 Å². The van der Waals surface area contributed by atoms with Crippen LogP contribution in [0.25, 0.3) is 0 Å². The van der Waals surface area contributed by atoms with E-state index in [1.807, 2.05) is 6.07 Å². The summed E-state index contributed by atoms with van der Waals surface area (Å²) in [5, 5.41) is 11.2. The number of hydrogen-bond acceptors (Lipinski definition) is 3. The molecule has 2 aromatic rings. The smallest absolute Gasteiger partial charge is 0.182 e. The van der Waals surface area contributed by atoms with E-state index in [0.29, 0.717) is 6.07 Å². The van der Waals surface area contributed by atoms with E-state index in [1.54, 1.807) is 0 Å². The molecule has 0 aliphatic rings. The molecule has 0 spiro atoms. The predicted octanol–water partition coefficient (Wildman–Crippen LogP) is 3.11. The number of benzene rings is 1. The molecule has 1 aromatic carbocycles. The second kappa shape index (κ2) is 4.75. The van der Waals surface area contributed by atoms with Crippen LogP contribution in [0.15, 0.2) is 30.5 Å². The Bertz CT molecular complexity index is 635. The second-order valence-corrected chi connectivity index (χ2v) is 3.39. The van der Waals surface area contributed by atoms with Crippen molar-refractivity contribution in [3.8, 4) is 6.07 Å². The quantitative estimate of drug-likeness (QED) is 0.832. The largest absolute Gasteiger partial charge is 0.337 e. The highest BCUT2D eigenvalue weighted by atomic mass is 19.2. The SMILES string of the molecule is N#Cc1cccnc1Nc1cc(F)cc(F)c1F. The van der Waals surface area contributed by atoms with Gasteiger partial charge < -0.3 is 5.32 Å².